The zero-order valence-corrected chi connectivity index (χ0v) is 11.7. The van der Waals surface area contributed by atoms with Crippen LogP contribution in [0.4, 0.5) is 0 Å². The molecule has 0 saturated carbocycles. The third-order valence-corrected chi connectivity index (χ3v) is 3.63. The molecule has 0 heterocycles. The highest BCUT2D eigenvalue weighted by Gasteiger charge is 2.13. The van der Waals surface area contributed by atoms with Gasteiger partial charge in [0.2, 0.25) is 0 Å². The maximum Gasteiger partial charge on any atom is 0.118 e. The number of benzene rings is 1. The predicted octanol–water partition coefficient (Wildman–Crippen LogP) is 3.78. The lowest BCUT2D eigenvalue weighted by atomic mass is 9.99. The second kappa shape index (κ2) is 6.65. The van der Waals surface area contributed by atoms with Crippen molar-refractivity contribution in [2.24, 2.45) is 5.92 Å². The second-order valence-electron chi connectivity index (χ2n) is 4.84. The van der Waals surface area contributed by atoms with Crippen molar-refractivity contribution in [2.75, 3.05) is 7.11 Å². The van der Waals surface area contributed by atoms with E-state index in [1.165, 1.54) is 12.0 Å². The molecular weight excluding hydrogens is 210 g/mol. The number of methoxy groups -OCH3 is 1. The molecule has 0 radical (unpaired) electrons. The zero-order chi connectivity index (χ0) is 12.8. The third-order valence-electron chi connectivity index (χ3n) is 3.63. The third kappa shape index (κ3) is 4.04. The minimum atomic E-state index is 0.380. The van der Waals surface area contributed by atoms with Gasteiger partial charge in [0.15, 0.2) is 0 Å². The normalized spacial score (nSPS) is 16.3. The van der Waals surface area contributed by atoms with E-state index in [0.29, 0.717) is 18.0 Å². The molecule has 0 aliphatic heterocycles. The largest absolute Gasteiger partial charge is 0.497 e. The van der Waals surface area contributed by atoms with Gasteiger partial charge in [-0.25, -0.2) is 0 Å². The van der Waals surface area contributed by atoms with Crippen LogP contribution in [0.25, 0.3) is 0 Å². The molecule has 3 unspecified atom stereocenters. The van der Waals surface area contributed by atoms with Crippen molar-refractivity contribution in [1.29, 1.82) is 0 Å². The first-order valence-electron chi connectivity index (χ1n) is 6.48. The maximum atomic E-state index is 5.17. The minimum Gasteiger partial charge on any atom is -0.497 e. The highest BCUT2D eigenvalue weighted by atomic mass is 16.5. The Morgan fingerprint density at radius 2 is 1.71 bits per heavy atom. The minimum absolute atomic E-state index is 0.380. The molecule has 0 spiro atoms. The summed E-state index contributed by atoms with van der Waals surface area (Å²) in [5.74, 6) is 1.62. The van der Waals surface area contributed by atoms with E-state index in [2.05, 4.69) is 45.1 Å². The molecule has 1 aromatic rings. The van der Waals surface area contributed by atoms with E-state index in [0.717, 1.165) is 5.75 Å². The van der Waals surface area contributed by atoms with Gasteiger partial charge in [-0.05, 0) is 37.5 Å². The molecule has 0 aromatic heterocycles. The van der Waals surface area contributed by atoms with Gasteiger partial charge in [-0.3, -0.25) is 0 Å². The molecule has 0 aliphatic carbocycles. The van der Waals surface area contributed by atoms with E-state index in [1.54, 1.807) is 7.11 Å². The van der Waals surface area contributed by atoms with Gasteiger partial charge in [-0.1, -0.05) is 32.4 Å². The van der Waals surface area contributed by atoms with E-state index in [4.69, 9.17) is 4.74 Å². The summed E-state index contributed by atoms with van der Waals surface area (Å²) < 4.78 is 5.17. The molecule has 2 nitrogen and oxygen atoms in total. The average molecular weight is 235 g/mol. The SMILES string of the molecule is CCC(C)C(C)NC(C)c1ccc(OC)cc1. The molecule has 3 atom stereocenters. The van der Waals surface area contributed by atoms with E-state index < -0.39 is 0 Å². The second-order valence-corrected chi connectivity index (χ2v) is 4.84. The first-order valence-corrected chi connectivity index (χ1v) is 6.48. The Hall–Kier alpha value is -1.02. The fraction of sp³-hybridized carbons (Fsp3) is 0.600. The monoisotopic (exact) mass is 235 g/mol. The van der Waals surface area contributed by atoms with Crippen molar-refractivity contribution in [3.8, 4) is 5.75 Å². The summed E-state index contributed by atoms with van der Waals surface area (Å²) in [6.45, 7) is 8.99. The molecule has 1 rings (SSSR count). The molecule has 1 aromatic carbocycles. The van der Waals surface area contributed by atoms with Crippen molar-refractivity contribution in [3.63, 3.8) is 0 Å². The molecular formula is C15H25NO. The summed E-state index contributed by atoms with van der Waals surface area (Å²) in [6, 6.07) is 9.20. The van der Waals surface area contributed by atoms with Crippen LogP contribution < -0.4 is 10.1 Å². The summed E-state index contributed by atoms with van der Waals surface area (Å²) in [5, 5.41) is 3.64. The average Bonchev–Trinajstić information content (AvgIpc) is 2.37. The summed E-state index contributed by atoms with van der Waals surface area (Å²) in [7, 11) is 1.70. The van der Waals surface area contributed by atoms with Crippen LogP contribution in [-0.2, 0) is 0 Å². The van der Waals surface area contributed by atoms with Crippen LogP contribution in [0.5, 0.6) is 5.75 Å². The Morgan fingerprint density at radius 1 is 1.12 bits per heavy atom. The Balaban J connectivity index is 2.59. The van der Waals surface area contributed by atoms with Crippen LogP contribution >= 0.6 is 0 Å². The van der Waals surface area contributed by atoms with Gasteiger partial charge < -0.3 is 10.1 Å². The van der Waals surface area contributed by atoms with Gasteiger partial charge in [0.1, 0.15) is 5.75 Å². The number of nitrogens with one attached hydrogen (secondary N) is 1. The van der Waals surface area contributed by atoms with Crippen molar-refractivity contribution in [2.45, 2.75) is 46.2 Å². The number of ether oxygens (including phenoxy) is 1. The fourth-order valence-electron chi connectivity index (χ4n) is 1.90. The lowest BCUT2D eigenvalue weighted by molar-refractivity contribution is 0.360. The first-order chi connectivity index (χ1) is 8.08. The van der Waals surface area contributed by atoms with Crippen LogP contribution in [0.15, 0.2) is 24.3 Å². The topological polar surface area (TPSA) is 21.3 Å². The van der Waals surface area contributed by atoms with E-state index >= 15 is 0 Å². The zero-order valence-electron chi connectivity index (χ0n) is 11.7. The van der Waals surface area contributed by atoms with Crippen molar-refractivity contribution in [1.82, 2.24) is 5.32 Å². The molecule has 1 N–H and O–H groups in total. The predicted molar refractivity (Wildman–Crippen MR) is 73.5 cm³/mol. The van der Waals surface area contributed by atoms with Gasteiger partial charge in [0.25, 0.3) is 0 Å². The standard InChI is InChI=1S/C15H25NO/c1-6-11(2)12(3)16-13(4)14-7-9-15(17-5)10-8-14/h7-13,16H,6H2,1-5H3. The molecule has 17 heavy (non-hydrogen) atoms. The maximum absolute atomic E-state index is 5.17. The molecule has 0 saturated heterocycles. The van der Waals surface area contributed by atoms with Crippen LogP contribution in [0.1, 0.15) is 45.7 Å². The molecule has 0 amide bonds. The van der Waals surface area contributed by atoms with Crippen LogP contribution in [0.2, 0.25) is 0 Å². The van der Waals surface area contributed by atoms with Crippen LogP contribution in [-0.4, -0.2) is 13.2 Å². The Labute approximate surface area is 105 Å². The van der Waals surface area contributed by atoms with Crippen molar-refractivity contribution >= 4 is 0 Å². The molecule has 0 fully saturated rings. The van der Waals surface area contributed by atoms with Gasteiger partial charge in [-0.2, -0.15) is 0 Å². The Morgan fingerprint density at radius 3 is 2.18 bits per heavy atom. The van der Waals surface area contributed by atoms with Crippen LogP contribution in [0.3, 0.4) is 0 Å². The quantitative estimate of drug-likeness (QED) is 0.810. The van der Waals surface area contributed by atoms with Gasteiger partial charge >= 0.3 is 0 Å². The lowest BCUT2D eigenvalue weighted by Gasteiger charge is -2.24. The summed E-state index contributed by atoms with van der Waals surface area (Å²) in [6.07, 6.45) is 1.21. The molecule has 2 heteroatoms. The Kier molecular flexibility index (Phi) is 5.49. The van der Waals surface area contributed by atoms with Crippen molar-refractivity contribution < 1.29 is 4.74 Å². The smallest absolute Gasteiger partial charge is 0.118 e. The van der Waals surface area contributed by atoms with Crippen LogP contribution in [0, 0.1) is 5.92 Å². The molecule has 0 aliphatic rings. The highest BCUT2D eigenvalue weighted by molar-refractivity contribution is 5.28. The molecule has 96 valence electrons. The van der Waals surface area contributed by atoms with E-state index in [-0.39, 0.29) is 0 Å². The van der Waals surface area contributed by atoms with Gasteiger partial charge in [0.05, 0.1) is 7.11 Å². The number of rotatable bonds is 6. The fourth-order valence-corrected chi connectivity index (χ4v) is 1.90. The molecule has 0 bridgehead atoms. The lowest BCUT2D eigenvalue weighted by Crippen LogP contribution is -2.33. The van der Waals surface area contributed by atoms with E-state index in [1.807, 2.05) is 12.1 Å². The summed E-state index contributed by atoms with van der Waals surface area (Å²) in [4.78, 5) is 0. The highest BCUT2D eigenvalue weighted by Crippen LogP contribution is 2.19. The summed E-state index contributed by atoms with van der Waals surface area (Å²) in [5.41, 5.74) is 1.31. The first kappa shape index (κ1) is 14.0. The summed E-state index contributed by atoms with van der Waals surface area (Å²) >= 11 is 0. The number of hydrogen-bond donors (Lipinski definition) is 1. The van der Waals surface area contributed by atoms with Gasteiger partial charge in [-0.15, -0.1) is 0 Å². The van der Waals surface area contributed by atoms with Crippen molar-refractivity contribution in [3.05, 3.63) is 29.8 Å². The van der Waals surface area contributed by atoms with E-state index in [9.17, 15) is 0 Å². The van der Waals surface area contributed by atoms with Gasteiger partial charge in [0, 0.05) is 12.1 Å². The Bertz CT molecular complexity index is 320. The number of hydrogen-bond acceptors (Lipinski definition) is 2.